The third-order valence-electron chi connectivity index (χ3n) is 2.55. The molecule has 4 N–H and O–H groups in total. The molecule has 0 radical (unpaired) electrons. The third kappa shape index (κ3) is 5.72. The van der Waals surface area contributed by atoms with Gasteiger partial charge in [-0.25, -0.2) is 0 Å². The average molecular weight is 285 g/mol. The number of hydrogen-bond acceptors (Lipinski definition) is 3. The molecule has 6 heteroatoms. The quantitative estimate of drug-likeness (QED) is 0.663. The molecule has 1 aromatic rings. The van der Waals surface area contributed by atoms with Crippen LogP contribution in [0.1, 0.15) is 18.4 Å². The summed E-state index contributed by atoms with van der Waals surface area (Å²) in [6.07, 6.45) is 1.28. The van der Waals surface area contributed by atoms with Crippen LogP contribution < -0.4 is 11.1 Å². The third-order valence-corrected chi connectivity index (χ3v) is 2.82. The standard InChI is InChI=1S/C13H17ClN2O3/c14-7-1-2-12(17)16-10-5-3-9(4-6-10)8-11(15)13(18)19/h3-6,11H,1-2,7-8,15H2,(H,16,17)(H,18,19). The van der Waals surface area contributed by atoms with Gasteiger partial charge >= 0.3 is 5.97 Å². The summed E-state index contributed by atoms with van der Waals surface area (Å²) in [7, 11) is 0. The van der Waals surface area contributed by atoms with Crippen LogP contribution in [0.3, 0.4) is 0 Å². The maximum absolute atomic E-state index is 11.5. The van der Waals surface area contributed by atoms with E-state index in [0.717, 1.165) is 5.56 Å². The van der Waals surface area contributed by atoms with Crippen molar-refractivity contribution in [1.82, 2.24) is 0 Å². The summed E-state index contributed by atoms with van der Waals surface area (Å²) in [6, 6.07) is 6.04. The van der Waals surface area contributed by atoms with E-state index in [2.05, 4.69) is 5.32 Å². The monoisotopic (exact) mass is 284 g/mol. The molecule has 0 aliphatic carbocycles. The lowest BCUT2D eigenvalue weighted by molar-refractivity contribution is -0.138. The number of nitrogens with two attached hydrogens (primary N) is 1. The Morgan fingerprint density at radius 1 is 1.32 bits per heavy atom. The molecule has 0 bridgehead atoms. The van der Waals surface area contributed by atoms with Crippen LogP contribution in [-0.2, 0) is 16.0 Å². The van der Waals surface area contributed by atoms with Gasteiger partial charge in [-0.05, 0) is 30.5 Å². The van der Waals surface area contributed by atoms with Crippen molar-refractivity contribution in [2.24, 2.45) is 5.73 Å². The molecule has 1 atom stereocenters. The van der Waals surface area contributed by atoms with E-state index in [1.54, 1.807) is 24.3 Å². The molecular formula is C13H17ClN2O3. The maximum Gasteiger partial charge on any atom is 0.320 e. The van der Waals surface area contributed by atoms with Crippen LogP contribution in [0.5, 0.6) is 0 Å². The van der Waals surface area contributed by atoms with Gasteiger partial charge in [0, 0.05) is 18.0 Å². The van der Waals surface area contributed by atoms with Crippen LogP contribution in [-0.4, -0.2) is 28.9 Å². The lowest BCUT2D eigenvalue weighted by atomic mass is 10.1. The average Bonchev–Trinajstić information content (AvgIpc) is 2.38. The van der Waals surface area contributed by atoms with Crippen molar-refractivity contribution in [2.45, 2.75) is 25.3 Å². The van der Waals surface area contributed by atoms with E-state index in [1.807, 2.05) is 0 Å². The highest BCUT2D eigenvalue weighted by atomic mass is 35.5. The number of anilines is 1. The molecule has 0 aliphatic rings. The number of carboxylic acid groups (broad SMARTS) is 1. The molecule has 0 heterocycles. The van der Waals surface area contributed by atoms with Gasteiger partial charge in [0.15, 0.2) is 0 Å². The minimum Gasteiger partial charge on any atom is -0.480 e. The summed E-state index contributed by atoms with van der Waals surface area (Å²) < 4.78 is 0. The maximum atomic E-state index is 11.5. The molecule has 1 unspecified atom stereocenters. The van der Waals surface area contributed by atoms with Gasteiger partial charge in [-0.2, -0.15) is 0 Å². The van der Waals surface area contributed by atoms with E-state index >= 15 is 0 Å². The number of benzene rings is 1. The van der Waals surface area contributed by atoms with Crippen molar-refractivity contribution in [2.75, 3.05) is 11.2 Å². The molecule has 0 fully saturated rings. The fraction of sp³-hybridized carbons (Fsp3) is 0.385. The number of aliphatic carboxylic acids is 1. The molecule has 1 aromatic carbocycles. The van der Waals surface area contributed by atoms with E-state index in [0.29, 0.717) is 24.4 Å². The Morgan fingerprint density at radius 3 is 2.47 bits per heavy atom. The molecule has 0 saturated carbocycles. The predicted molar refractivity (Wildman–Crippen MR) is 74.3 cm³/mol. The van der Waals surface area contributed by atoms with Crippen LogP contribution in [0.25, 0.3) is 0 Å². The predicted octanol–water partition coefficient (Wildman–Crippen LogP) is 1.60. The van der Waals surface area contributed by atoms with Gasteiger partial charge in [-0.1, -0.05) is 12.1 Å². The second-order valence-electron chi connectivity index (χ2n) is 4.19. The lowest BCUT2D eigenvalue weighted by Crippen LogP contribution is -2.32. The highest BCUT2D eigenvalue weighted by Gasteiger charge is 2.11. The topological polar surface area (TPSA) is 92.4 Å². The summed E-state index contributed by atoms with van der Waals surface area (Å²) in [6.45, 7) is 0. The van der Waals surface area contributed by atoms with E-state index in [4.69, 9.17) is 22.4 Å². The van der Waals surface area contributed by atoms with Gasteiger partial charge in [0.1, 0.15) is 6.04 Å². The molecule has 5 nitrogen and oxygen atoms in total. The van der Waals surface area contributed by atoms with Gasteiger partial charge < -0.3 is 16.2 Å². The second kappa shape index (κ2) is 7.76. The molecule has 104 valence electrons. The minimum atomic E-state index is -1.03. The zero-order chi connectivity index (χ0) is 14.3. The molecule has 1 rings (SSSR count). The fourth-order valence-corrected chi connectivity index (χ4v) is 1.65. The van der Waals surface area contributed by atoms with Crippen molar-refractivity contribution in [3.05, 3.63) is 29.8 Å². The number of halogens is 1. The Balaban J connectivity index is 2.52. The Morgan fingerprint density at radius 2 is 1.95 bits per heavy atom. The molecule has 1 amide bonds. The Labute approximate surface area is 116 Å². The van der Waals surface area contributed by atoms with Crippen molar-refractivity contribution in [3.63, 3.8) is 0 Å². The van der Waals surface area contributed by atoms with Gasteiger partial charge in [0.25, 0.3) is 0 Å². The van der Waals surface area contributed by atoms with E-state index in [1.165, 1.54) is 0 Å². The van der Waals surface area contributed by atoms with Gasteiger partial charge in [-0.3, -0.25) is 9.59 Å². The largest absolute Gasteiger partial charge is 0.480 e. The highest BCUT2D eigenvalue weighted by Crippen LogP contribution is 2.11. The zero-order valence-corrected chi connectivity index (χ0v) is 11.2. The number of hydrogen-bond donors (Lipinski definition) is 3. The van der Waals surface area contributed by atoms with Crippen molar-refractivity contribution in [1.29, 1.82) is 0 Å². The first-order chi connectivity index (χ1) is 9.02. The van der Waals surface area contributed by atoms with E-state index in [-0.39, 0.29) is 12.3 Å². The Kier molecular flexibility index (Phi) is 6.32. The minimum absolute atomic E-state index is 0.0874. The Hall–Kier alpha value is -1.59. The highest BCUT2D eigenvalue weighted by molar-refractivity contribution is 6.18. The van der Waals surface area contributed by atoms with Crippen molar-refractivity contribution < 1.29 is 14.7 Å². The molecule has 0 aromatic heterocycles. The van der Waals surface area contributed by atoms with Crippen LogP contribution in [0.2, 0.25) is 0 Å². The molecule has 0 spiro atoms. The SMILES string of the molecule is NC(Cc1ccc(NC(=O)CCCCl)cc1)C(=O)O. The fourth-order valence-electron chi connectivity index (χ4n) is 1.52. The molecule has 0 aliphatic heterocycles. The summed E-state index contributed by atoms with van der Waals surface area (Å²) >= 11 is 5.50. The number of carbonyl (C=O) groups excluding carboxylic acids is 1. The van der Waals surface area contributed by atoms with E-state index in [9.17, 15) is 9.59 Å². The van der Waals surface area contributed by atoms with Crippen LogP contribution in [0, 0.1) is 0 Å². The smallest absolute Gasteiger partial charge is 0.320 e. The summed E-state index contributed by atoms with van der Waals surface area (Å²) in [5.74, 6) is -0.659. The summed E-state index contributed by atoms with van der Waals surface area (Å²) in [5, 5.41) is 11.4. The number of amides is 1. The first-order valence-corrected chi connectivity index (χ1v) is 6.49. The Bertz CT molecular complexity index is 434. The first-order valence-electron chi connectivity index (χ1n) is 5.96. The summed E-state index contributed by atoms with van der Waals surface area (Å²) in [5.41, 5.74) is 6.93. The normalized spacial score (nSPS) is 11.9. The van der Waals surface area contributed by atoms with Crippen molar-refractivity contribution >= 4 is 29.2 Å². The molecular weight excluding hydrogens is 268 g/mol. The number of carboxylic acids is 1. The van der Waals surface area contributed by atoms with Crippen LogP contribution in [0.15, 0.2) is 24.3 Å². The van der Waals surface area contributed by atoms with Gasteiger partial charge in [-0.15, -0.1) is 11.6 Å². The second-order valence-corrected chi connectivity index (χ2v) is 4.56. The van der Waals surface area contributed by atoms with Gasteiger partial charge in [0.2, 0.25) is 5.91 Å². The van der Waals surface area contributed by atoms with Crippen LogP contribution in [0.4, 0.5) is 5.69 Å². The number of carbonyl (C=O) groups is 2. The first kappa shape index (κ1) is 15.5. The van der Waals surface area contributed by atoms with Crippen LogP contribution >= 0.6 is 11.6 Å². The molecule has 0 saturated heterocycles. The van der Waals surface area contributed by atoms with Gasteiger partial charge in [0.05, 0.1) is 0 Å². The number of alkyl halides is 1. The summed E-state index contributed by atoms with van der Waals surface area (Å²) in [4.78, 5) is 22.1. The number of rotatable bonds is 7. The zero-order valence-electron chi connectivity index (χ0n) is 10.4. The van der Waals surface area contributed by atoms with E-state index < -0.39 is 12.0 Å². The van der Waals surface area contributed by atoms with Crippen molar-refractivity contribution in [3.8, 4) is 0 Å². The molecule has 19 heavy (non-hydrogen) atoms. The lowest BCUT2D eigenvalue weighted by Gasteiger charge is -2.08. The number of nitrogens with one attached hydrogen (secondary N) is 1.